The van der Waals surface area contributed by atoms with Crippen LogP contribution in [0.15, 0.2) is 0 Å². The second-order valence-electron chi connectivity index (χ2n) is 4.19. The summed E-state index contributed by atoms with van der Waals surface area (Å²) < 4.78 is 28.4. The lowest BCUT2D eigenvalue weighted by molar-refractivity contribution is 0.351. The number of hydrogen-bond acceptors (Lipinski definition) is 4. The fraction of sp³-hybridized carbons (Fsp3) is 1.00. The molecular formula is C9H19N3O2S2. The Balaban J connectivity index is 1.90. The number of nitrogens with one attached hydrogen (secondary N) is 2. The molecule has 0 aromatic heterocycles. The molecular weight excluding hydrogens is 246 g/mol. The molecule has 1 unspecified atom stereocenters. The number of rotatable bonds is 3. The van der Waals surface area contributed by atoms with Gasteiger partial charge in [-0.2, -0.15) is 29.2 Å². The summed E-state index contributed by atoms with van der Waals surface area (Å²) in [5.41, 5.74) is 0. The molecule has 2 rings (SSSR count). The monoisotopic (exact) mass is 265 g/mol. The summed E-state index contributed by atoms with van der Waals surface area (Å²) >= 11 is 1.83. The first-order chi connectivity index (χ1) is 7.68. The maximum absolute atomic E-state index is 12.0. The van der Waals surface area contributed by atoms with Gasteiger partial charge in [0.1, 0.15) is 0 Å². The van der Waals surface area contributed by atoms with Gasteiger partial charge in [-0.25, -0.2) is 0 Å². The van der Waals surface area contributed by atoms with Gasteiger partial charge in [0.25, 0.3) is 10.2 Å². The number of thioether (sulfide) groups is 1. The van der Waals surface area contributed by atoms with Crippen LogP contribution in [0.5, 0.6) is 0 Å². The van der Waals surface area contributed by atoms with Crippen LogP contribution in [-0.4, -0.2) is 56.4 Å². The Bertz CT molecular complexity index is 309. The van der Waals surface area contributed by atoms with Gasteiger partial charge < -0.3 is 5.32 Å². The predicted molar refractivity (Wildman–Crippen MR) is 66.8 cm³/mol. The highest BCUT2D eigenvalue weighted by Gasteiger charge is 2.27. The van der Waals surface area contributed by atoms with Gasteiger partial charge in [0, 0.05) is 38.0 Å². The Morgan fingerprint density at radius 2 is 2.06 bits per heavy atom. The molecule has 0 aliphatic carbocycles. The van der Waals surface area contributed by atoms with Gasteiger partial charge in [-0.3, -0.25) is 0 Å². The molecule has 0 saturated carbocycles. The Labute approximate surface area is 102 Å². The summed E-state index contributed by atoms with van der Waals surface area (Å²) in [7, 11) is -3.25. The van der Waals surface area contributed by atoms with Crippen molar-refractivity contribution < 1.29 is 8.42 Å². The molecule has 94 valence electrons. The van der Waals surface area contributed by atoms with Crippen molar-refractivity contribution in [1.29, 1.82) is 0 Å². The van der Waals surface area contributed by atoms with Crippen molar-refractivity contribution >= 4 is 22.0 Å². The second-order valence-corrected chi connectivity index (χ2v) is 7.04. The molecule has 2 fully saturated rings. The molecule has 0 aromatic carbocycles. The van der Waals surface area contributed by atoms with Gasteiger partial charge in [0.2, 0.25) is 0 Å². The Morgan fingerprint density at radius 3 is 2.69 bits per heavy atom. The molecule has 0 bridgehead atoms. The minimum absolute atomic E-state index is 0.124. The van der Waals surface area contributed by atoms with Crippen molar-refractivity contribution in [3.8, 4) is 0 Å². The minimum atomic E-state index is -3.25. The van der Waals surface area contributed by atoms with Gasteiger partial charge >= 0.3 is 0 Å². The first kappa shape index (κ1) is 12.6. The smallest absolute Gasteiger partial charge is 0.279 e. The van der Waals surface area contributed by atoms with Gasteiger partial charge in [-0.05, 0) is 18.6 Å². The van der Waals surface area contributed by atoms with Crippen molar-refractivity contribution in [2.75, 3.05) is 37.7 Å². The summed E-state index contributed by atoms with van der Waals surface area (Å²) in [5.74, 6) is 2.07. The van der Waals surface area contributed by atoms with Crippen LogP contribution < -0.4 is 10.0 Å². The van der Waals surface area contributed by atoms with Gasteiger partial charge in [0.15, 0.2) is 0 Å². The van der Waals surface area contributed by atoms with E-state index in [-0.39, 0.29) is 6.04 Å². The van der Waals surface area contributed by atoms with E-state index < -0.39 is 10.2 Å². The zero-order valence-corrected chi connectivity index (χ0v) is 10.9. The first-order valence-electron chi connectivity index (χ1n) is 5.74. The molecule has 0 spiro atoms. The molecule has 1 atom stereocenters. The van der Waals surface area contributed by atoms with E-state index in [1.165, 1.54) is 0 Å². The van der Waals surface area contributed by atoms with E-state index in [0.717, 1.165) is 37.4 Å². The molecule has 2 heterocycles. The SMILES string of the molecule is O=S(=O)(NC1CCCSC1)N1CCNCC1. The largest absolute Gasteiger partial charge is 0.314 e. The molecule has 16 heavy (non-hydrogen) atoms. The molecule has 7 heteroatoms. The second kappa shape index (κ2) is 5.68. The maximum atomic E-state index is 12.0. The number of hydrogen-bond donors (Lipinski definition) is 2. The van der Waals surface area contributed by atoms with Crippen LogP contribution in [-0.2, 0) is 10.2 Å². The van der Waals surface area contributed by atoms with E-state index in [1.807, 2.05) is 11.8 Å². The van der Waals surface area contributed by atoms with E-state index in [1.54, 1.807) is 4.31 Å². The molecule has 2 aliphatic heterocycles. The van der Waals surface area contributed by atoms with Crippen LogP contribution in [0.1, 0.15) is 12.8 Å². The summed E-state index contributed by atoms with van der Waals surface area (Å²) in [4.78, 5) is 0. The Morgan fingerprint density at radius 1 is 1.31 bits per heavy atom. The zero-order chi connectivity index (χ0) is 11.4. The first-order valence-corrected chi connectivity index (χ1v) is 8.34. The lowest BCUT2D eigenvalue weighted by Crippen LogP contribution is -2.53. The van der Waals surface area contributed by atoms with Crippen LogP contribution in [0.2, 0.25) is 0 Å². The van der Waals surface area contributed by atoms with Crippen molar-refractivity contribution in [1.82, 2.24) is 14.3 Å². The van der Waals surface area contributed by atoms with Crippen molar-refractivity contribution in [2.24, 2.45) is 0 Å². The van der Waals surface area contributed by atoms with E-state index >= 15 is 0 Å². The quantitative estimate of drug-likeness (QED) is 0.730. The fourth-order valence-corrected chi connectivity index (χ4v) is 4.62. The molecule has 2 N–H and O–H groups in total. The third-order valence-corrected chi connectivity index (χ3v) is 5.78. The summed E-state index contributed by atoms with van der Waals surface area (Å²) in [5, 5.41) is 3.15. The Hall–Kier alpha value is 0.180. The third-order valence-electron chi connectivity index (χ3n) is 2.89. The summed E-state index contributed by atoms with van der Waals surface area (Å²) in [6.07, 6.45) is 2.08. The number of piperazine rings is 1. The molecule has 2 aliphatic rings. The lowest BCUT2D eigenvalue weighted by atomic mass is 10.2. The maximum Gasteiger partial charge on any atom is 0.279 e. The van der Waals surface area contributed by atoms with E-state index in [4.69, 9.17) is 0 Å². The van der Waals surface area contributed by atoms with Gasteiger partial charge in [0.05, 0.1) is 0 Å². The summed E-state index contributed by atoms with van der Waals surface area (Å²) in [6.45, 7) is 2.66. The molecule has 5 nitrogen and oxygen atoms in total. The highest BCUT2D eigenvalue weighted by Crippen LogP contribution is 2.18. The predicted octanol–water partition coefficient (Wildman–Crippen LogP) is -0.378. The van der Waals surface area contributed by atoms with Crippen molar-refractivity contribution in [3.63, 3.8) is 0 Å². The average Bonchev–Trinajstić information content (AvgIpc) is 2.31. The standard InChI is InChI=1S/C9H19N3O2S2/c13-16(14,12-5-3-10-4-6-12)11-9-2-1-7-15-8-9/h9-11H,1-8H2. The molecule has 0 aromatic rings. The average molecular weight is 265 g/mol. The molecule has 2 saturated heterocycles. The van der Waals surface area contributed by atoms with Crippen LogP contribution in [0.3, 0.4) is 0 Å². The summed E-state index contributed by atoms with van der Waals surface area (Å²) in [6, 6.07) is 0.124. The normalized spacial score (nSPS) is 29.1. The van der Waals surface area contributed by atoms with E-state index in [9.17, 15) is 8.42 Å². The highest BCUT2D eigenvalue weighted by molar-refractivity contribution is 7.99. The van der Waals surface area contributed by atoms with Crippen LogP contribution >= 0.6 is 11.8 Å². The minimum Gasteiger partial charge on any atom is -0.314 e. The van der Waals surface area contributed by atoms with Gasteiger partial charge in [-0.1, -0.05) is 0 Å². The highest BCUT2D eigenvalue weighted by atomic mass is 32.2. The fourth-order valence-electron chi connectivity index (χ4n) is 2.00. The van der Waals surface area contributed by atoms with Crippen LogP contribution in [0, 0.1) is 0 Å². The van der Waals surface area contributed by atoms with Crippen LogP contribution in [0.25, 0.3) is 0 Å². The lowest BCUT2D eigenvalue weighted by Gasteiger charge is -2.30. The zero-order valence-electron chi connectivity index (χ0n) is 9.31. The number of nitrogens with zero attached hydrogens (tertiary/aromatic N) is 1. The van der Waals surface area contributed by atoms with E-state index in [2.05, 4.69) is 10.0 Å². The topological polar surface area (TPSA) is 61.4 Å². The molecule has 0 radical (unpaired) electrons. The Kier molecular flexibility index (Phi) is 4.48. The van der Waals surface area contributed by atoms with Crippen molar-refractivity contribution in [3.05, 3.63) is 0 Å². The van der Waals surface area contributed by atoms with E-state index in [0.29, 0.717) is 13.1 Å². The van der Waals surface area contributed by atoms with Crippen molar-refractivity contribution in [2.45, 2.75) is 18.9 Å². The van der Waals surface area contributed by atoms with Crippen LogP contribution in [0.4, 0.5) is 0 Å². The molecule has 0 amide bonds. The third kappa shape index (κ3) is 3.33. The van der Waals surface area contributed by atoms with Gasteiger partial charge in [-0.15, -0.1) is 0 Å².